The van der Waals surface area contributed by atoms with Crippen LogP contribution in [0.5, 0.6) is 0 Å². The van der Waals surface area contributed by atoms with Crippen molar-refractivity contribution in [2.24, 2.45) is 0 Å². The first-order valence-electron chi connectivity index (χ1n) is 9.36. The van der Waals surface area contributed by atoms with Gasteiger partial charge in [0.05, 0.1) is 0 Å². The van der Waals surface area contributed by atoms with Crippen LogP contribution in [0.15, 0.2) is 35.8 Å². The lowest BCUT2D eigenvalue weighted by Crippen LogP contribution is -2.42. The van der Waals surface area contributed by atoms with Crippen LogP contribution in [-0.4, -0.2) is 40.4 Å². The van der Waals surface area contributed by atoms with Crippen molar-refractivity contribution in [3.05, 3.63) is 46.4 Å². The van der Waals surface area contributed by atoms with E-state index in [1.54, 1.807) is 35.8 Å². The molecule has 1 heterocycles. The Labute approximate surface area is 173 Å². The van der Waals surface area contributed by atoms with Gasteiger partial charge in [0.1, 0.15) is 17.2 Å². The van der Waals surface area contributed by atoms with Crippen molar-refractivity contribution in [1.82, 2.24) is 15.6 Å². The molecule has 29 heavy (non-hydrogen) atoms. The van der Waals surface area contributed by atoms with Gasteiger partial charge in [-0.15, -0.1) is 11.3 Å². The van der Waals surface area contributed by atoms with Crippen molar-refractivity contribution >= 4 is 34.7 Å². The minimum Gasteiger partial charge on any atom is -0.381 e. The third kappa shape index (κ3) is 7.63. The number of carbonyl (C=O) groups excluding carboxylic acids is 3. The fraction of sp³-hybridized carbons (Fsp3) is 0.400. The fourth-order valence-electron chi connectivity index (χ4n) is 2.74. The molecular weight excluding hydrogens is 392 g/mol. The molecule has 0 bridgehead atoms. The highest BCUT2D eigenvalue weighted by Gasteiger charge is 2.19. The molecule has 156 valence electrons. The second-order valence-electron chi connectivity index (χ2n) is 6.62. The number of benzene rings is 1. The van der Waals surface area contributed by atoms with Gasteiger partial charge < -0.3 is 21.1 Å². The van der Waals surface area contributed by atoms with Crippen LogP contribution in [0.3, 0.4) is 0 Å². The number of amides is 3. The van der Waals surface area contributed by atoms with E-state index in [9.17, 15) is 19.5 Å². The standard InChI is InChI=1S/C20H26N4O4S/c1-13(25)21-10-4-3-5-17(23-14(2)26)19(28)24-16-8-6-15(7-9-16)18(27)20-22-11-12-29-20/h6-9,11-12,17-18,27H,3-5,10H2,1-2H3,(H,21,25)(H,23,26)(H,24,28)/t17-,18?/m0/s1. The molecule has 0 fully saturated rings. The van der Waals surface area contributed by atoms with E-state index in [-0.39, 0.29) is 17.7 Å². The van der Waals surface area contributed by atoms with Crippen LogP contribution in [0.25, 0.3) is 0 Å². The number of aliphatic hydroxyl groups excluding tert-OH is 1. The van der Waals surface area contributed by atoms with Crippen LogP contribution in [0.2, 0.25) is 0 Å². The van der Waals surface area contributed by atoms with Crippen molar-refractivity contribution in [3.8, 4) is 0 Å². The van der Waals surface area contributed by atoms with E-state index in [0.29, 0.717) is 42.1 Å². The highest BCUT2D eigenvalue weighted by atomic mass is 32.1. The number of unbranched alkanes of at least 4 members (excludes halogenated alkanes) is 1. The van der Waals surface area contributed by atoms with E-state index in [0.717, 1.165) is 0 Å². The predicted molar refractivity (Wildman–Crippen MR) is 111 cm³/mol. The Morgan fingerprint density at radius 1 is 1.10 bits per heavy atom. The number of nitrogens with one attached hydrogen (secondary N) is 3. The molecule has 9 heteroatoms. The molecule has 1 aromatic carbocycles. The lowest BCUT2D eigenvalue weighted by atomic mass is 10.1. The third-order valence-corrected chi connectivity index (χ3v) is 4.99. The Morgan fingerprint density at radius 3 is 2.41 bits per heavy atom. The van der Waals surface area contributed by atoms with Crippen molar-refractivity contribution in [2.75, 3.05) is 11.9 Å². The second-order valence-corrected chi connectivity index (χ2v) is 7.54. The summed E-state index contributed by atoms with van der Waals surface area (Å²) in [7, 11) is 0. The molecule has 0 spiro atoms. The largest absolute Gasteiger partial charge is 0.381 e. The highest BCUT2D eigenvalue weighted by Crippen LogP contribution is 2.24. The lowest BCUT2D eigenvalue weighted by molar-refractivity contribution is -0.125. The number of thiazole rings is 1. The SMILES string of the molecule is CC(=O)NCCCC[C@H](NC(C)=O)C(=O)Nc1ccc(C(O)c2nccs2)cc1. The zero-order chi connectivity index (χ0) is 21.2. The Bertz CT molecular complexity index is 808. The Kier molecular flexibility index (Phi) is 8.75. The van der Waals surface area contributed by atoms with Gasteiger partial charge in [-0.25, -0.2) is 4.98 Å². The molecule has 0 saturated carbocycles. The van der Waals surface area contributed by atoms with E-state index >= 15 is 0 Å². The molecule has 2 rings (SSSR count). The molecule has 0 aliphatic carbocycles. The van der Waals surface area contributed by atoms with Crippen LogP contribution in [0.1, 0.15) is 49.8 Å². The predicted octanol–water partition coefficient (Wildman–Crippen LogP) is 1.97. The number of rotatable bonds is 10. The topological polar surface area (TPSA) is 120 Å². The van der Waals surface area contributed by atoms with E-state index in [1.165, 1.54) is 25.2 Å². The molecule has 0 aliphatic rings. The summed E-state index contributed by atoms with van der Waals surface area (Å²) in [5, 5.41) is 20.9. The molecule has 0 saturated heterocycles. The van der Waals surface area contributed by atoms with Gasteiger partial charge in [-0.2, -0.15) is 0 Å². The maximum absolute atomic E-state index is 12.6. The molecule has 4 N–H and O–H groups in total. The fourth-order valence-corrected chi connectivity index (χ4v) is 3.39. The van der Waals surface area contributed by atoms with Crippen LogP contribution in [0.4, 0.5) is 5.69 Å². The Hall–Kier alpha value is -2.78. The minimum atomic E-state index is -0.810. The number of nitrogens with zero attached hydrogens (tertiary/aromatic N) is 1. The summed E-state index contributed by atoms with van der Waals surface area (Å²) in [5.41, 5.74) is 1.24. The molecule has 1 unspecified atom stereocenters. The van der Waals surface area contributed by atoms with Crippen molar-refractivity contribution in [3.63, 3.8) is 0 Å². The zero-order valence-electron chi connectivity index (χ0n) is 16.5. The van der Waals surface area contributed by atoms with Crippen molar-refractivity contribution in [1.29, 1.82) is 0 Å². The number of carbonyl (C=O) groups is 3. The van der Waals surface area contributed by atoms with E-state index < -0.39 is 12.1 Å². The van der Waals surface area contributed by atoms with Crippen LogP contribution in [0, 0.1) is 0 Å². The van der Waals surface area contributed by atoms with Crippen LogP contribution < -0.4 is 16.0 Å². The number of anilines is 1. The summed E-state index contributed by atoms with van der Waals surface area (Å²) >= 11 is 1.37. The average Bonchev–Trinajstić information content (AvgIpc) is 3.21. The van der Waals surface area contributed by atoms with Gasteiger partial charge in [-0.3, -0.25) is 14.4 Å². The quantitative estimate of drug-likeness (QED) is 0.440. The average molecular weight is 419 g/mol. The third-order valence-electron chi connectivity index (χ3n) is 4.17. The Morgan fingerprint density at radius 2 is 1.83 bits per heavy atom. The van der Waals surface area contributed by atoms with Gasteiger partial charge in [0.25, 0.3) is 0 Å². The van der Waals surface area contributed by atoms with Gasteiger partial charge >= 0.3 is 0 Å². The van der Waals surface area contributed by atoms with Crippen LogP contribution >= 0.6 is 11.3 Å². The normalized spacial score (nSPS) is 12.7. The molecule has 0 aliphatic heterocycles. The van der Waals surface area contributed by atoms with Crippen molar-refractivity contribution < 1.29 is 19.5 Å². The van der Waals surface area contributed by atoms with Crippen LogP contribution in [-0.2, 0) is 14.4 Å². The summed E-state index contributed by atoms with van der Waals surface area (Å²) < 4.78 is 0. The number of aromatic nitrogens is 1. The molecule has 8 nitrogen and oxygen atoms in total. The number of hydrogen-bond acceptors (Lipinski definition) is 6. The summed E-state index contributed by atoms with van der Waals surface area (Å²) in [5.74, 6) is -0.688. The monoisotopic (exact) mass is 418 g/mol. The molecule has 1 aromatic heterocycles. The number of aliphatic hydroxyl groups is 1. The minimum absolute atomic E-state index is 0.0930. The van der Waals surface area contributed by atoms with E-state index in [1.807, 2.05) is 0 Å². The lowest BCUT2D eigenvalue weighted by Gasteiger charge is -2.18. The highest BCUT2D eigenvalue weighted by molar-refractivity contribution is 7.09. The first kappa shape index (κ1) is 22.5. The zero-order valence-corrected chi connectivity index (χ0v) is 17.3. The smallest absolute Gasteiger partial charge is 0.246 e. The second kappa shape index (κ2) is 11.3. The maximum atomic E-state index is 12.6. The van der Waals surface area contributed by atoms with Gasteiger partial charge in [0.15, 0.2) is 0 Å². The summed E-state index contributed by atoms with van der Waals surface area (Å²) in [6.07, 6.45) is 2.68. The van der Waals surface area contributed by atoms with E-state index in [4.69, 9.17) is 0 Å². The Balaban J connectivity index is 1.91. The first-order chi connectivity index (χ1) is 13.9. The van der Waals surface area contributed by atoms with Crippen molar-refractivity contribution in [2.45, 2.75) is 45.3 Å². The molecular formula is C20H26N4O4S. The van der Waals surface area contributed by atoms with E-state index in [2.05, 4.69) is 20.9 Å². The molecule has 3 amide bonds. The number of hydrogen-bond donors (Lipinski definition) is 4. The summed E-state index contributed by atoms with van der Waals surface area (Å²) in [6.45, 7) is 3.35. The first-order valence-corrected chi connectivity index (χ1v) is 10.2. The van der Waals surface area contributed by atoms with Gasteiger partial charge in [0.2, 0.25) is 17.7 Å². The molecule has 2 aromatic rings. The molecule has 2 atom stereocenters. The maximum Gasteiger partial charge on any atom is 0.246 e. The van der Waals surface area contributed by atoms with Gasteiger partial charge in [-0.05, 0) is 37.0 Å². The van der Waals surface area contributed by atoms with Gasteiger partial charge in [0, 0.05) is 37.7 Å². The summed E-state index contributed by atoms with van der Waals surface area (Å²) in [4.78, 5) is 39.0. The van der Waals surface area contributed by atoms with Gasteiger partial charge in [-0.1, -0.05) is 12.1 Å². The molecule has 0 radical (unpaired) electrons. The summed E-state index contributed by atoms with van der Waals surface area (Å²) in [6, 6.07) is 6.19.